The van der Waals surface area contributed by atoms with E-state index in [9.17, 15) is 4.79 Å². The van der Waals surface area contributed by atoms with E-state index in [2.05, 4.69) is 6.08 Å². The molecule has 0 radical (unpaired) electrons. The van der Waals surface area contributed by atoms with Gasteiger partial charge in [-0.1, -0.05) is 30.0 Å². The van der Waals surface area contributed by atoms with Crippen molar-refractivity contribution in [1.82, 2.24) is 0 Å². The molecule has 0 amide bonds. The maximum absolute atomic E-state index is 10.7. The number of hydrogen-bond donors (Lipinski definition) is 0. The fourth-order valence-corrected chi connectivity index (χ4v) is 1.99. The van der Waals surface area contributed by atoms with E-state index in [1.54, 1.807) is 21.1 Å². The maximum Gasteiger partial charge on any atom is 0.185 e. The molecular weight excluding hydrogens is 248 g/mol. The van der Waals surface area contributed by atoms with Gasteiger partial charge >= 0.3 is 0 Å². The Morgan fingerprint density at radius 2 is 2.00 bits per heavy atom. The predicted molar refractivity (Wildman–Crippen MR) is 76.3 cm³/mol. The summed E-state index contributed by atoms with van der Waals surface area (Å²) in [7, 11) is 3.24. The van der Waals surface area contributed by atoms with Crippen molar-refractivity contribution in [3.8, 4) is 11.5 Å². The largest absolute Gasteiger partial charge is 0.493 e. The van der Waals surface area contributed by atoms with Crippen molar-refractivity contribution in [2.24, 2.45) is 0 Å². The quantitative estimate of drug-likeness (QED) is 0.739. The van der Waals surface area contributed by atoms with Crippen LogP contribution in [0, 0.1) is 0 Å². The summed E-state index contributed by atoms with van der Waals surface area (Å²) in [6.45, 7) is 1.59. The fourth-order valence-electron chi connectivity index (χ4n) is 1.45. The molecule has 0 aliphatic rings. The van der Waals surface area contributed by atoms with Crippen LogP contribution in [0.4, 0.5) is 0 Å². The van der Waals surface area contributed by atoms with Gasteiger partial charge < -0.3 is 9.47 Å². The first-order valence-corrected chi connectivity index (χ1v) is 6.68. The lowest BCUT2D eigenvalue weighted by Crippen LogP contribution is -1.90. The standard InChI is InChI=1S/C14H18O3S/c1-11(15)18-9-5-4-6-12-7-8-13(16-2)14(10-12)17-3/h4,6-8,10H,5,9H2,1-3H3. The molecule has 1 aromatic rings. The van der Waals surface area contributed by atoms with Crippen molar-refractivity contribution in [2.75, 3.05) is 20.0 Å². The lowest BCUT2D eigenvalue weighted by Gasteiger charge is -2.07. The molecule has 4 heteroatoms. The monoisotopic (exact) mass is 266 g/mol. The summed E-state index contributed by atoms with van der Waals surface area (Å²) >= 11 is 1.35. The van der Waals surface area contributed by atoms with Gasteiger partial charge in [0.1, 0.15) is 0 Å². The molecule has 0 spiro atoms. The summed E-state index contributed by atoms with van der Waals surface area (Å²) in [5.74, 6) is 2.26. The van der Waals surface area contributed by atoms with Crippen LogP contribution < -0.4 is 9.47 Å². The summed E-state index contributed by atoms with van der Waals surface area (Å²) < 4.78 is 10.4. The molecule has 0 aliphatic carbocycles. The Kier molecular flexibility index (Phi) is 6.36. The number of thioether (sulfide) groups is 1. The van der Waals surface area contributed by atoms with Crippen molar-refractivity contribution in [2.45, 2.75) is 13.3 Å². The first kappa shape index (κ1) is 14.6. The van der Waals surface area contributed by atoms with Crippen molar-refractivity contribution in [3.63, 3.8) is 0 Å². The molecule has 0 fully saturated rings. The molecule has 0 aromatic heterocycles. The second-order valence-electron chi connectivity index (χ2n) is 3.65. The van der Waals surface area contributed by atoms with Gasteiger partial charge in [-0.05, 0) is 24.1 Å². The summed E-state index contributed by atoms with van der Waals surface area (Å²) in [5, 5.41) is 0.162. The van der Waals surface area contributed by atoms with E-state index in [1.165, 1.54) is 11.8 Å². The van der Waals surface area contributed by atoms with Crippen LogP contribution in [0.2, 0.25) is 0 Å². The van der Waals surface area contributed by atoms with Crippen LogP contribution in [0.3, 0.4) is 0 Å². The average Bonchev–Trinajstić information content (AvgIpc) is 2.37. The van der Waals surface area contributed by atoms with Gasteiger partial charge in [-0.2, -0.15) is 0 Å². The lowest BCUT2D eigenvalue weighted by atomic mass is 10.2. The molecule has 1 aromatic carbocycles. The molecule has 3 nitrogen and oxygen atoms in total. The molecule has 0 atom stereocenters. The summed E-state index contributed by atoms with van der Waals surface area (Å²) in [5.41, 5.74) is 1.06. The number of carbonyl (C=O) groups excluding carboxylic acids is 1. The normalized spacial score (nSPS) is 10.6. The first-order valence-electron chi connectivity index (χ1n) is 5.69. The van der Waals surface area contributed by atoms with Crippen LogP contribution >= 0.6 is 11.8 Å². The average molecular weight is 266 g/mol. The highest BCUT2D eigenvalue weighted by molar-refractivity contribution is 8.13. The number of ether oxygens (including phenoxy) is 2. The number of methoxy groups -OCH3 is 2. The van der Waals surface area contributed by atoms with Gasteiger partial charge in [0, 0.05) is 12.7 Å². The van der Waals surface area contributed by atoms with Gasteiger partial charge in [0.2, 0.25) is 0 Å². The first-order chi connectivity index (χ1) is 8.67. The smallest absolute Gasteiger partial charge is 0.185 e. The molecule has 0 aliphatic heterocycles. The van der Waals surface area contributed by atoms with Crippen molar-refractivity contribution < 1.29 is 14.3 Å². The Morgan fingerprint density at radius 1 is 1.28 bits per heavy atom. The topological polar surface area (TPSA) is 35.5 Å². The van der Waals surface area contributed by atoms with Crippen LogP contribution in [0.15, 0.2) is 24.3 Å². The molecule has 0 heterocycles. The van der Waals surface area contributed by atoms with E-state index < -0.39 is 0 Å². The fraction of sp³-hybridized carbons (Fsp3) is 0.357. The SMILES string of the molecule is COc1ccc(C=CCCSC(C)=O)cc1OC. The van der Waals surface area contributed by atoms with Gasteiger partial charge in [-0.3, -0.25) is 4.79 Å². The number of rotatable bonds is 6. The molecule has 0 N–H and O–H groups in total. The summed E-state index contributed by atoms with van der Waals surface area (Å²) in [6, 6.07) is 5.77. The molecule has 98 valence electrons. The highest BCUT2D eigenvalue weighted by Gasteiger charge is 2.02. The van der Waals surface area contributed by atoms with Crippen LogP contribution in [0.5, 0.6) is 11.5 Å². The maximum atomic E-state index is 10.7. The highest BCUT2D eigenvalue weighted by atomic mass is 32.2. The second-order valence-corrected chi connectivity index (χ2v) is 4.92. The Bertz CT molecular complexity index is 427. The van der Waals surface area contributed by atoms with E-state index in [0.29, 0.717) is 0 Å². The van der Waals surface area contributed by atoms with E-state index in [4.69, 9.17) is 9.47 Å². The van der Waals surface area contributed by atoms with Crippen molar-refractivity contribution in [3.05, 3.63) is 29.8 Å². The van der Waals surface area contributed by atoms with E-state index in [1.807, 2.05) is 24.3 Å². The Hall–Kier alpha value is -1.42. The zero-order valence-corrected chi connectivity index (χ0v) is 11.8. The summed E-state index contributed by atoms with van der Waals surface area (Å²) in [4.78, 5) is 10.7. The Balaban J connectivity index is 2.56. The molecule has 18 heavy (non-hydrogen) atoms. The van der Waals surface area contributed by atoms with Crippen LogP contribution in [-0.2, 0) is 4.79 Å². The molecule has 0 bridgehead atoms. The lowest BCUT2D eigenvalue weighted by molar-refractivity contribution is -0.109. The Morgan fingerprint density at radius 3 is 2.61 bits per heavy atom. The van der Waals surface area contributed by atoms with E-state index >= 15 is 0 Å². The molecule has 0 unspecified atom stereocenters. The van der Waals surface area contributed by atoms with Gasteiger partial charge in [-0.25, -0.2) is 0 Å². The van der Waals surface area contributed by atoms with E-state index in [0.717, 1.165) is 29.2 Å². The number of allylic oxidation sites excluding steroid dienone is 1. The van der Waals surface area contributed by atoms with E-state index in [-0.39, 0.29) is 5.12 Å². The minimum atomic E-state index is 0.162. The van der Waals surface area contributed by atoms with Crippen LogP contribution in [-0.4, -0.2) is 25.1 Å². The van der Waals surface area contributed by atoms with Gasteiger partial charge in [0.05, 0.1) is 14.2 Å². The number of hydrogen-bond acceptors (Lipinski definition) is 4. The third kappa shape index (κ3) is 4.84. The zero-order chi connectivity index (χ0) is 13.4. The third-order valence-corrected chi connectivity index (χ3v) is 3.15. The van der Waals surface area contributed by atoms with Gasteiger partial charge in [0.25, 0.3) is 0 Å². The highest BCUT2D eigenvalue weighted by Crippen LogP contribution is 2.28. The molecule has 1 rings (SSSR count). The van der Waals surface area contributed by atoms with Crippen molar-refractivity contribution >= 4 is 23.0 Å². The second kappa shape index (κ2) is 7.82. The number of carbonyl (C=O) groups is 1. The Labute approximate surface area is 112 Å². The summed E-state index contributed by atoms with van der Waals surface area (Å²) in [6.07, 6.45) is 4.94. The molecule has 0 saturated carbocycles. The predicted octanol–water partition coefficient (Wildman–Crippen LogP) is 3.39. The van der Waals surface area contributed by atoms with Crippen LogP contribution in [0.25, 0.3) is 6.08 Å². The number of benzene rings is 1. The molecular formula is C14H18O3S. The van der Waals surface area contributed by atoms with Gasteiger partial charge in [-0.15, -0.1) is 0 Å². The molecule has 0 saturated heterocycles. The van der Waals surface area contributed by atoms with Crippen molar-refractivity contribution in [1.29, 1.82) is 0 Å². The minimum absolute atomic E-state index is 0.162. The zero-order valence-electron chi connectivity index (χ0n) is 10.9. The van der Waals surface area contributed by atoms with Gasteiger partial charge in [0.15, 0.2) is 16.6 Å². The van der Waals surface area contributed by atoms with Crippen LogP contribution in [0.1, 0.15) is 18.9 Å². The third-order valence-electron chi connectivity index (χ3n) is 2.31. The minimum Gasteiger partial charge on any atom is -0.493 e.